The van der Waals surface area contributed by atoms with E-state index in [0.29, 0.717) is 17.9 Å². The largest absolute Gasteiger partial charge is 0.445 e. The summed E-state index contributed by atoms with van der Waals surface area (Å²) in [4.78, 5) is 14.0. The molecule has 0 aromatic heterocycles. The van der Waals surface area contributed by atoms with Gasteiger partial charge in [-0.1, -0.05) is 12.7 Å². The summed E-state index contributed by atoms with van der Waals surface area (Å²) >= 11 is 0. The summed E-state index contributed by atoms with van der Waals surface area (Å²) in [6.07, 6.45) is 1.39. The van der Waals surface area contributed by atoms with Crippen molar-refractivity contribution in [1.29, 1.82) is 0 Å². The first-order chi connectivity index (χ1) is 7.96. The molecule has 1 heterocycles. The third-order valence-electron chi connectivity index (χ3n) is 3.59. The van der Waals surface area contributed by atoms with E-state index in [-0.39, 0.29) is 18.2 Å². The fraction of sp³-hybridized carbons (Fsp3) is 0.769. The summed E-state index contributed by atoms with van der Waals surface area (Å²) in [5.41, 5.74) is -0.187. The van der Waals surface area contributed by atoms with Gasteiger partial charge >= 0.3 is 6.09 Å². The third-order valence-corrected chi connectivity index (χ3v) is 3.59. The van der Waals surface area contributed by atoms with Crippen molar-refractivity contribution in [2.75, 3.05) is 19.7 Å². The number of hydrogen-bond acceptors (Lipinski definition) is 3. The summed E-state index contributed by atoms with van der Waals surface area (Å²) in [6.45, 7) is 12.1. The molecule has 0 bridgehead atoms. The molecule has 1 saturated heterocycles. The van der Waals surface area contributed by atoms with Crippen molar-refractivity contribution in [3.05, 3.63) is 12.7 Å². The van der Waals surface area contributed by atoms with Crippen LogP contribution in [0.15, 0.2) is 12.7 Å². The average Bonchev–Trinajstić information content (AvgIpc) is 2.72. The van der Waals surface area contributed by atoms with Crippen molar-refractivity contribution < 1.29 is 9.53 Å². The van der Waals surface area contributed by atoms with Gasteiger partial charge in [0.05, 0.1) is 0 Å². The second kappa shape index (κ2) is 4.33. The van der Waals surface area contributed by atoms with Crippen LogP contribution in [0.4, 0.5) is 4.79 Å². The van der Waals surface area contributed by atoms with Gasteiger partial charge in [0, 0.05) is 24.7 Å². The lowest BCUT2D eigenvalue weighted by atomic mass is 10.1. The van der Waals surface area contributed by atoms with Crippen molar-refractivity contribution >= 4 is 6.09 Å². The minimum atomic E-state index is -0.211. The van der Waals surface area contributed by atoms with Crippen molar-refractivity contribution in [2.24, 2.45) is 11.8 Å². The second-order valence-electron chi connectivity index (χ2n) is 5.88. The molecule has 1 amide bonds. The van der Waals surface area contributed by atoms with Gasteiger partial charge in [-0.15, -0.1) is 0 Å². The van der Waals surface area contributed by atoms with E-state index in [1.807, 2.05) is 4.90 Å². The average molecular weight is 238 g/mol. The van der Waals surface area contributed by atoms with E-state index < -0.39 is 0 Å². The van der Waals surface area contributed by atoms with Crippen LogP contribution >= 0.6 is 0 Å². The monoisotopic (exact) mass is 238 g/mol. The van der Waals surface area contributed by atoms with Crippen molar-refractivity contribution in [3.8, 4) is 0 Å². The van der Waals surface area contributed by atoms with Crippen LogP contribution in [0.2, 0.25) is 0 Å². The first-order valence-electron chi connectivity index (χ1n) is 6.24. The molecule has 1 aliphatic heterocycles. The molecule has 0 aromatic rings. The predicted octanol–water partition coefficient (Wildman–Crippen LogP) is 1.63. The van der Waals surface area contributed by atoms with Crippen LogP contribution < -0.4 is 5.32 Å². The Labute approximate surface area is 103 Å². The molecule has 0 spiro atoms. The topological polar surface area (TPSA) is 41.6 Å². The Hall–Kier alpha value is -1.03. The molecule has 17 heavy (non-hydrogen) atoms. The fourth-order valence-corrected chi connectivity index (χ4v) is 2.81. The van der Waals surface area contributed by atoms with Crippen molar-refractivity contribution in [1.82, 2.24) is 10.2 Å². The van der Waals surface area contributed by atoms with Gasteiger partial charge in [-0.25, -0.2) is 4.79 Å². The molecule has 0 aromatic carbocycles. The van der Waals surface area contributed by atoms with E-state index in [9.17, 15) is 4.79 Å². The number of rotatable bonds is 3. The summed E-state index contributed by atoms with van der Waals surface area (Å²) in [7, 11) is 0. The smallest absolute Gasteiger partial charge is 0.410 e. The molecular weight excluding hydrogens is 216 g/mol. The molecule has 2 rings (SSSR count). The SMILES string of the molecule is C=CCOC(=O)N(C1C2CNCC21)C(C)(C)C. The Balaban J connectivity index is 2.04. The molecule has 4 heteroatoms. The highest BCUT2D eigenvalue weighted by atomic mass is 16.6. The maximum absolute atomic E-state index is 12.1. The van der Waals surface area contributed by atoms with Crippen LogP contribution in [0.1, 0.15) is 20.8 Å². The summed E-state index contributed by atoms with van der Waals surface area (Å²) < 4.78 is 5.19. The number of nitrogens with one attached hydrogen (secondary N) is 1. The molecule has 2 unspecified atom stereocenters. The number of carbonyl (C=O) groups excluding carboxylic acids is 1. The van der Waals surface area contributed by atoms with Crippen LogP contribution in [-0.4, -0.2) is 42.3 Å². The zero-order chi connectivity index (χ0) is 12.6. The van der Waals surface area contributed by atoms with E-state index in [4.69, 9.17) is 4.74 Å². The standard InChI is InChI=1S/C13H22N2O2/c1-5-6-17-12(16)15(13(2,3)4)11-9-7-14-8-10(9)11/h5,9-11,14H,1,6-8H2,2-4H3. The number of carbonyl (C=O) groups is 1. The first-order valence-corrected chi connectivity index (χ1v) is 6.24. The van der Waals surface area contributed by atoms with Gasteiger partial charge in [-0.2, -0.15) is 0 Å². The number of fused-ring (bicyclic) bond motifs is 1. The predicted molar refractivity (Wildman–Crippen MR) is 66.8 cm³/mol. The zero-order valence-corrected chi connectivity index (χ0v) is 10.9. The van der Waals surface area contributed by atoms with Crippen LogP contribution in [0.5, 0.6) is 0 Å². The molecule has 2 aliphatic rings. The van der Waals surface area contributed by atoms with Gasteiger partial charge in [0.2, 0.25) is 0 Å². The fourth-order valence-electron chi connectivity index (χ4n) is 2.81. The highest BCUT2D eigenvalue weighted by Gasteiger charge is 2.59. The van der Waals surface area contributed by atoms with E-state index in [1.165, 1.54) is 0 Å². The number of amides is 1. The van der Waals surface area contributed by atoms with Gasteiger partial charge in [-0.3, -0.25) is 4.90 Å². The Morgan fingerprint density at radius 2 is 2.06 bits per heavy atom. The molecule has 96 valence electrons. The molecular formula is C13H22N2O2. The molecule has 2 fully saturated rings. The van der Waals surface area contributed by atoms with Crippen molar-refractivity contribution in [2.45, 2.75) is 32.4 Å². The van der Waals surface area contributed by atoms with Gasteiger partial charge < -0.3 is 10.1 Å². The molecule has 1 N–H and O–H groups in total. The summed E-state index contributed by atoms with van der Waals surface area (Å²) in [5, 5.41) is 3.35. The normalized spacial score (nSPS) is 30.6. The van der Waals surface area contributed by atoms with Crippen LogP contribution in [-0.2, 0) is 4.74 Å². The lowest BCUT2D eigenvalue weighted by Gasteiger charge is -2.36. The molecule has 0 radical (unpaired) electrons. The summed E-state index contributed by atoms with van der Waals surface area (Å²) in [6, 6.07) is 0.355. The van der Waals surface area contributed by atoms with E-state index in [1.54, 1.807) is 6.08 Å². The van der Waals surface area contributed by atoms with Gasteiger partial charge in [0.1, 0.15) is 6.61 Å². The van der Waals surface area contributed by atoms with Gasteiger partial charge in [-0.05, 0) is 32.6 Å². The lowest BCUT2D eigenvalue weighted by molar-refractivity contribution is 0.0643. The van der Waals surface area contributed by atoms with Gasteiger partial charge in [0.15, 0.2) is 0 Å². The van der Waals surface area contributed by atoms with Crippen molar-refractivity contribution in [3.63, 3.8) is 0 Å². The molecule has 4 nitrogen and oxygen atoms in total. The zero-order valence-electron chi connectivity index (χ0n) is 10.9. The maximum atomic E-state index is 12.1. The Morgan fingerprint density at radius 1 is 1.47 bits per heavy atom. The number of nitrogens with zero attached hydrogens (tertiary/aromatic N) is 1. The number of piperidine rings is 1. The summed E-state index contributed by atoms with van der Waals surface area (Å²) in [5.74, 6) is 1.23. The second-order valence-corrected chi connectivity index (χ2v) is 5.88. The lowest BCUT2D eigenvalue weighted by Crippen LogP contribution is -2.49. The molecule has 1 saturated carbocycles. The highest BCUT2D eigenvalue weighted by molar-refractivity contribution is 5.70. The molecule has 1 aliphatic carbocycles. The number of ether oxygens (including phenoxy) is 1. The van der Waals surface area contributed by atoms with Crippen LogP contribution in [0.25, 0.3) is 0 Å². The first kappa shape index (κ1) is 12.4. The third kappa shape index (κ3) is 2.32. The van der Waals surface area contributed by atoms with E-state index in [0.717, 1.165) is 13.1 Å². The van der Waals surface area contributed by atoms with Crippen LogP contribution in [0.3, 0.4) is 0 Å². The Kier molecular flexibility index (Phi) is 3.17. The van der Waals surface area contributed by atoms with Crippen LogP contribution in [0, 0.1) is 11.8 Å². The van der Waals surface area contributed by atoms with E-state index in [2.05, 4.69) is 32.7 Å². The highest BCUT2D eigenvalue weighted by Crippen LogP contribution is 2.48. The number of hydrogen-bond donors (Lipinski definition) is 1. The Bertz CT molecular complexity index is 312. The quantitative estimate of drug-likeness (QED) is 0.760. The Morgan fingerprint density at radius 3 is 2.53 bits per heavy atom. The van der Waals surface area contributed by atoms with E-state index >= 15 is 0 Å². The minimum Gasteiger partial charge on any atom is -0.445 e. The van der Waals surface area contributed by atoms with Gasteiger partial charge in [0.25, 0.3) is 0 Å². The maximum Gasteiger partial charge on any atom is 0.410 e. The minimum absolute atomic E-state index is 0.187. The molecule has 2 atom stereocenters.